The molecular formula is C10H24N+. The zero-order valence-corrected chi connectivity index (χ0v) is 7.72. The topological polar surface area (TPSA) is 0 Å². The fourth-order valence-corrected chi connectivity index (χ4v) is 2.60. The summed E-state index contributed by atoms with van der Waals surface area (Å²) in [7, 11) is 4.68. The van der Waals surface area contributed by atoms with Crippen molar-refractivity contribution in [3.05, 3.63) is 0 Å². The maximum absolute atomic E-state index is 2.37. The van der Waals surface area contributed by atoms with Gasteiger partial charge in [0, 0.05) is 11.8 Å². The van der Waals surface area contributed by atoms with Crippen molar-refractivity contribution in [2.75, 3.05) is 27.2 Å². The monoisotopic (exact) mass is 158 g/mol. The fraction of sp³-hybridized carbons (Fsp3) is 1.00. The van der Waals surface area contributed by atoms with Crippen LogP contribution in [0.15, 0.2) is 0 Å². The van der Waals surface area contributed by atoms with Crippen LogP contribution in [0.25, 0.3) is 0 Å². The molecule has 0 aromatic carbocycles. The Balaban J connectivity index is 0.000001000. The molecule has 0 amide bonds. The van der Waals surface area contributed by atoms with Crippen LogP contribution < -0.4 is 0 Å². The average molecular weight is 158 g/mol. The van der Waals surface area contributed by atoms with Crippen molar-refractivity contribution in [2.45, 2.75) is 27.7 Å². The van der Waals surface area contributed by atoms with Crippen LogP contribution >= 0.6 is 0 Å². The van der Waals surface area contributed by atoms with Crippen LogP contribution in [0.5, 0.6) is 0 Å². The summed E-state index contributed by atoms with van der Waals surface area (Å²) in [6.07, 6.45) is 1.43. The Bertz CT molecular complexity index is 106. The van der Waals surface area contributed by atoms with Gasteiger partial charge in [-0.1, -0.05) is 21.3 Å². The summed E-state index contributed by atoms with van der Waals surface area (Å²) in [5, 5.41) is 0. The second kappa shape index (κ2) is 3.57. The molecule has 0 bridgehead atoms. The lowest BCUT2D eigenvalue weighted by molar-refractivity contribution is -0.902. The smallest absolute Gasteiger partial charge is 0.0808 e. The first-order valence-corrected chi connectivity index (χ1v) is 4.31. The van der Waals surface area contributed by atoms with Crippen LogP contribution in [-0.4, -0.2) is 31.7 Å². The lowest BCUT2D eigenvalue weighted by Crippen LogP contribution is -2.49. The summed E-state index contributed by atoms with van der Waals surface area (Å²) in [6.45, 7) is 7.47. The van der Waals surface area contributed by atoms with Crippen LogP contribution in [0, 0.1) is 11.8 Å². The van der Waals surface area contributed by atoms with E-state index in [4.69, 9.17) is 0 Å². The molecule has 1 aliphatic heterocycles. The van der Waals surface area contributed by atoms with Gasteiger partial charge < -0.3 is 4.48 Å². The van der Waals surface area contributed by atoms with Gasteiger partial charge in [-0.25, -0.2) is 0 Å². The minimum Gasteiger partial charge on any atom is -0.328 e. The van der Waals surface area contributed by atoms with Crippen molar-refractivity contribution in [1.82, 2.24) is 0 Å². The number of hydrogen-bond acceptors (Lipinski definition) is 0. The minimum atomic E-state index is 0. The first-order valence-electron chi connectivity index (χ1n) is 4.31. The predicted molar refractivity (Wildman–Crippen MR) is 51.5 cm³/mol. The molecule has 0 N–H and O–H groups in total. The lowest BCUT2D eigenvalue weighted by Gasteiger charge is -2.40. The van der Waals surface area contributed by atoms with Gasteiger partial charge in [0.1, 0.15) is 0 Å². The quantitative estimate of drug-likeness (QED) is 0.475. The fourth-order valence-electron chi connectivity index (χ4n) is 2.60. The van der Waals surface area contributed by atoms with Crippen LogP contribution in [0.2, 0.25) is 0 Å². The summed E-state index contributed by atoms with van der Waals surface area (Å²) in [4.78, 5) is 0. The molecule has 68 valence electrons. The van der Waals surface area contributed by atoms with E-state index < -0.39 is 0 Å². The number of rotatable bonds is 0. The highest BCUT2D eigenvalue weighted by Crippen LogP contribution is 2.23. The number of piperidine rings is 1. The Hall–Kier alpha value is -0.0400. The molecule has 2 atom stereocenters. The van der Waals surface area contributed by atoms with Crippen LogP contribution in [-0.2, 0) is 0 Å². The summed E-state index contributed by atoms with van der Waals surface area (Å²) in [6, 6.07) is 0. The third kappa shape index (κ3) is 3.24. The number of quaternary nitrogens is 1. The molecule has 1 saturated heterocycles. The van der Waals surface area contributed by atoms with Crippen molar-refractivity contribution in [3.8, 4) is 0 Å². The van der Waals surface area contributed by atoms with E-state index in [0.717, 1.165) is 11.8 Å². The van der Waals surface area contributed by atoms with Gasteiger partial charge >= 0.3 is 0 Å². The maximum Gasteiger partial charge on any atom is 0.0808 e. The van der Waals surface area contributed by atoms with Crippen molar-refractivity contribution in [2.24, 2.45) is 11.8 Å². The summed E-state index contributed by atoms with van der Waals surface area (Å²) < 4.78 is 1.22. The molecule has 1 heterocycles. The Labute approximate surface area is 72.0 Å². The number of hydrogen-bond donors (Lipinski definition) is 0. The van der Waals surface area contributed by atoms with Gasteiger partial charge in [0.25, 0.3) is 0 Å². The van der Waals surface area contributed by atoms with E-state index in [9.17, 15) is 0 Å². The first-order chi connectivity index (χ1) is 4.49. The van der Waals surface area contributed by atoms with Gasteiger partial charge in [-0.2, -0.15) is 0 Å². The zero-order valence-electron chi connectivity index (χ0n) is 7.72. The Morgan fingerprint density at radius 3 is 1.64 bits per heavy atom. The SMILES string of the molecule is C.CC1CC(C)C[N+](C)(C)C1. The molecule has 0 aromatic rings. The Kier molecular flexibility index (Phi) is 3.56. The van der Waals surface area contributed by atoms with Gasteiger partial charge in [-0.3, -0.25) is 0 Å². The Morgan fingerprint density at radius 1 is 1.00 bits per heavy atom. The highest BCUT2D eigenvalue weighted by Gasteiger charge is 2.28. The summed E-state index contributed by atoms with van der Waals surface area (Å²) in [5.41, 5.74) is 0. The largest absolute Gasteiger partial charge is 0.328 e. The lowest BCUT2D eigenvalue weighted by atomic mass is 9.91. The molecule has 1 nitrogen and oxygen atoms in total. The summed E-state index contributed by atoms with van der Waals surface area (Å²) in [5.74, 6) is 1.86. The van der Waals surface area contributed by atoms with Crippen molar-refractivity contribution < 1.29 is 4.48 Å². The summed E-state index contributed by atoms with van der Waals surface area (Å²) >= 11 is 0. The zero-order chi connectivity index (χ0) is 7.78. The average Bonchev–Trinajstić information content (AvgIpc) is 1.54. The molecule has 1 rings (SSSR count). The van der Waals surface area contributed by atoms with Gasteiger partial charge in [0.2, 0.25) is 0 Å². The molecule has 1 heteroatoms. The first kappa shape index (κ1) is 11.0. The van der Waals surface area contributed by atoms with Crippen LogP contribution in [0.3, 0.4) is 0 Å². The van der Waals surface area contributed by atoms with E-state index in [1.165, 1.54) is 24.0 Å². The van der Waals surface area contributed by atoms with E-state index in [1.54, 1.807) is 0 Å². The molecule has 0 spiro atoms. The molecule has 0 radical (unpaired) electrons. The Morgan fingerprint density at radius 2 is 1.36 bits per heavy atom. The van der Waals surface area contributed by atoms with E-state index in [0.29, 0.717) is 0 Å². The van der Waals surface area contributed by atoms with E-state index in [2.05, 4.69) is 27.9 Å². The van der Waals surface area contributed by atoms with Crippen LogP contribution in [0.1, 0.15) is 27.7 Å². The second-order valence-corrected chi connectivity index (χ2v) is 4.75. The van der Waals surface area contributed by atoms with Gasteiger partial charge in [0.05, 0.1) is 27.2 Å². The maximum atomic E-state index is 2.37. The van der Waals surface area contributed by atoms with Crippen LogP contribution in [0.4, 0.5) is 0 Å². The highest BCUT2D eigenvalue weighted by atomic mass is 15.3. The molecule has 1 aliphatic rings. The standard InChI is InChI=1S/C9H20N.CH4/c1-8-5-9(2)7-10(3,4)6-8;/h8-9H,5-7H2,1-4H3;1H4/q+1;. The van der Waals surface area contributed by atoms with Gasteiger partial charge in [0.15, 0.2) is 0 Å². The van der Waals surface area contributed by atoms with E-state index in [1.807, 2.05) is 0 Å². The van der Waals surface area contributed by atoms with Crippen molar-refractivity contribution in [3.63, 3.8) is 0 Å². The van der Waals surface area contributed by atoms with E-state index >= 15 is 0 Å². The third-order valence-electron chi connectivity index (χ3n) is 2.42. The van der Waals surface area contributed by atoms with Crippen molar-refractivity contribution >= 4 is 0 Å². The third-order valence-corrected chi connectivity index (χ3v) is 2.42. The molecule has 0 saturated carbocycles. The van der Waals surface area contributed by atoms with Gasteiger partial charge in [-0.15, -0.1) is 0 Å². The number of likely N-dealkylation sites (tertiary alicyclic amines) is 1. The highest BCUT2D eigenvalue weighted by molar-refractivity contribution is 4.64. The molecular weight excluding hydrogens is 134 g/mol. The minimum absolute atomic E-state index is 0. The molecule has 11 heavy (non-hydrogen) atoms. The number of nitrogens with zero attached hydrogens (tertiary/aromatic N) is 1. The van der Waals surface area contributed by atoms with E-state index in [-0.39, 0.29) is 7.43 Å². The molecule has 1 fully saturated rings. The normalized spacial score (nSPS) is 36.0. The molecule has 2 unspecified atom stereocenters. The second-order valence-electron chi connectivity index (χ2n) is 4.75. The van der Waals surface area contributed by atoms with Crippen molar-refractivity contribution in [1.29, 1.82) is 0 Å². The van der Waals surface area contributed by atoms with Gasteiger partial charge in [-0.05, 0) is 6.42 Å². The molecule has 0 aliphatic carbocycles. The predicted octanol–water partition coefficient (Wildman–Crippen LogP) is 2.37. The molecule has 0 aromatic heterocycles.